The first-order valence-corrected chi connectivity index (χ1v) is 23.8. The van der Waals surface area contributed by atoms with Crippen molar-refractivity contribution >= 4 is 46.4 Å². The van der Waals surface area contributed by atoms with Crippen LogP contribution in [0.15, 0.2) is 60.2 Å². The molecule has 7 N–H and O–H groups in total. The van der Waals surface area contributed by atoms with Gasteiger partial charge in [-0.15, -0.1) is 0 Å². The van der Waals surface area contributed by atoms with E-state index >= 15 is 4.79 Å². The van der Waals surface area contributed by atoms with Crippen LogP contribution in [0, 0.1) is 11.3 Å². The monoisotopic (exact) mass is 955 g/mol. The first-order chi connectivity index (χ1) is 32.8. The Morgan fingerprint density at radius 3 is 2.30 bits per heavy atom. The molecule has 6 aliphatic rings. The number of carboxylic acid groups (broad SMARTS) is 2. The first-order valence-electron chi connectivity index (χ1n) is 23.8. The number of aromatic nitrogens is 1. The fourth-order valence-corrected chi connectivity index (χ4v) is 13.4. The predicted molar refractivity (Wildman–Crippen MR) is 253 cm³/mol. The molecule has 1 amide bonds. The quantitative estimate of drug-likeness (QED) is 0.102. The molecule has 69 heavy (non-hydrogen) atoms. The molecule has 372 valence electrons. The van der Waals surface area contributed by atoms with Crippen molar-refractivity contribution in [1.82, 2.24) is 20.1 Å². The van der Waals surface area contributed by atoms with Crippen molar-refractivity contribution in [3.63, 3.8) is 0 Å². The minimum absolute atomic E-state index is 0.0496. The number of H-pyrrole nitrogens is 1. The number of aliphatic carboxylic acids is 2. The number of likely N-dealkylation sites (N-methyl/N-ethyl adjacent to an activating group) is 1. The van der Waals surface area contributed by atoms with E-state index in [0.717, 1.165) is 71.6 Å². The maximum atomic E-state index is 15.2. The van der Waals surface area contributed by atoms with Gasteiger partial charge in [0.1, 0.15) is 22.9 Å². The molecule has 1 saturated heterocycles. The zero-order valence-electron chi connectivity index (χ0n) is 40.3. The number of fused-ring (bicyclic) bond motifs is 6. The number of hydrogen-bond acceptors (Lipinski definition) is 14. The molecule has 5 aliphatic heterocycles. The molecule has 6 heterocycles. The molecule has 1 aromatic heterocycles. The van der Waals surface area contributed by atoms with E-state index < -0.39 is 64.1 Å². The Bertz CT molecular complexity index is 2590. The average Bonchev–Trinajstić information content (AvgIpc) is 3.99. The molecule has 1 saturated carbocycles. The van der Waals surface area contributed by atoms with E-state index in [-0.39, 0.29) is 36.8 Å². The number of para-hydroxylation sites is 1. The minimum atomic E-state index is -2.27. The molecular weight excluding hydrogens is 891 g/mol. The number of rotatable bonds is 12. The van der Waals surface area contributed by atoms with Crippen molar-refractivity contribution < 1.29 is 63.7 Å². The molecular formula is C51H65N5O13. The highest BCUT2D eigenvalue weighted by atomic mass is 16.6. The maximum absolute atomic E-state index is 15.2. The largest absolute Gasteiger partial charge is 0.496 e. The first kappa shape index (κ1) is 49.6. The zero-order valence-corrected chi connectivity index (χ0v) is 40.3. The van der Waals surface area contributed by atoms with Crippen LogP contribution in [0.25, 0.3) is 10.9 Å². The predicted octanol–water partition coefficient (Wildman–Crippen LogP) is 2.98. The molecule has 1 aliphatic carbocycles. The number of ether oxygens (including phenoxy) is 3. The van der Waals surface area contributed by atoms with Crippen LogP contribution in [0.5, 0.6) is 5.75 Å². The van der Waals surface area contributed by atoms with Crippen molar-refractivity contribution in [2.45, 2.75) is 113 Å². The molecule has 2 aromatic carbocycles. The molecule has 18 heteroatoms. The van der Waals surface area contributed by atoms with Crippen LogP contribution in [0.3, 0.4) is 0 Å². The molecule has 2 bridgehead atoms. The summed E-state index contributed by atoms with van der Waals surface area (Å²) >= 11 is 0. The maximum Gasteiger partial charge on any atom is 0.335 e. The van der Waals surface area contributed by atoms with Crippen LogP contribution >= 0.6 is 0 Å². The lowest BCUT2D eigenvalue weighted by atomic mass is 9.47. The van der Waals surface area contributed by atoms with Gasteiger partial charge in [0.2, 0.25) is 5.91 Å². The number of carbonyl (C=O) groups is 5. The van der Waals surface area contributed by atoms with Gasteiger partial charge in [0.15, 0.2) is 12.2 Å². The molecule has 0 radical (unpaired) electrons. The van der Waals surface area contributed by atoms with Crippen molar-refractivity contribution in [1.29, 1.82) is 0 Å². The highest BCUT2D eigenvalue weighted by Gasteiger charge is 2.78. The number of nitrogens with one attached hydrogen (secondary N) is 2. The number of esters is 2. The van der Waals surface area contributed by atoms with Gasteiger partial charge in [-0.1, -0.05) is 62.8 Å². The Morgan fingerprint density at radius 1 is 0.971 bits per heavy atom. The third kappa shape index (κ3) is 7.60. The summed E-state index contributed by atoms with van der Waals surface area (Å²) in [6, 6.07) is 11.7. The van der Waals surface area contributed by atoms with E-state index in [4.69, 9.17) is 34.6 Å². The van der Waals surface area contributed by atoms with Gasteiger partial charge in [-0.2, -0.15) is 0 Å². The van der Waals surface area contributed by atoms with Crippen molar-refractivity contribution in [3.8, 4) is 5.75 Å². The fraction of sp³-hybridized carbons (Fsp3) is 0.549. The van der Waals surface area contributed by atoms with Gasteiger partial charge in [-0.25, -0.2) is 9.59 Å². The number of carbonyl (C=O) groups excluding carboxylic acids is 3. The summed E-state index contributed by atoms with van der Waals surface area (Å²) in [5.41, 5.74) is 2.30. The van der Waals surface area contributed by atoms with E-state index in [0.29, 0.717) is 31.6 Å². The number of nitrogens with zero attached hydrogens (tertiary/aromatic N) is 3. The third-order valence-corrected chi connectivity index (χ3v) is 16.1. The van der Waals surface area contributed by atoms with Gasteiger partial charge in [0.05, 0.1) is 26.8 Å². The fourth-order valence-electron chi connectivity index (χ4n) is 13.4. The molecule has 9 rings (SSSR count). The second kappa shape index (κ2) is 18.5. The molecule has 3 aromatic rings. The Balaban J connectivity index is 0.000000579. The van der Waals surface area contributed by atoms with Gasteiger partial charge in [-0.05, 0) is 61.4 Å². The van der Waals surface area contributed by atoms with E-state index in [1.807, 2.05) is 19.2 Å². The van der Waals surface area contributed by atoms with E-state index in [9.17, 15) is 24.3 Å². The minimum Gasteiger partial charge on any atom is -0.496 e. The van der Waals surface area contributed by atoms with Gasteiger partial charge in [0, 0.05) is 97.4 Å². The molecule has 18 nitrogen and oxygen atoms in total. The van der Waals surface area contributed by atoms with Gasteiger partial charge < -0.3 is 54.9 Å². The number of anilines is 1. The normalized spacial score (nSPS) is 31.5. The number of carboxylic acids is 2. The number of benzene rings is 2. The summed E-state index contributed by atoms with van der Waals surface area (Å²) in [5, 5.41) is 50.3. The van der Waals surface area contributed by atoms with E-state index in [1.165, 1.54) is 19.6 Å². The van der Waals surface area contributed by atoms with Gasteiger partial charge in [-0.3, -0.25) is 24.2 Å². The van der Waals surface area contributed by atoms with Crippen LogP contribution < -0.4 is 15.0 Å². The number of amides is 1. The summed E-state index contributed by atoms with van der Waals surface area (Å²) in [4.78, 5) is 71.9. The lowest BCUT2D eigenvalue weighted by Crippen LogP contribution is -2.81. The van der Waals surface area contributed by atoms with Gasteiger partial charge >= 0.3 is 23.9 Å². The third-order valence-electron chi connectivity index (χ3n) is 16.1. The van der Waals surface area contributed by atoms with E-state index in [1.54, 1.807) is 14.0 Å². The number of aliphatic hydroxyl groups excluding tert-OH is 2. The van der Waals surface area contributed by atoms with Crippen molar-refractivity contribution in [2.24, 2.45) is 11.3 Å². The SMILES string of the molecule is CCC(=O)NC[C@@]1(O)[C@H](OC(C)=O)[C@]2(CC)C=CCN3CC[C@@]4(c5cc([C@@]6(C(=O)OC)C[C@@H]7C=C(CC)CN(Cc8c6[nH]c6ccccc86)C7)c(OC)cc5N(C)[C@@H]14)[C@@H]32.O=C(O)C(O)C(O)C(=O)O. The lowest BCUT2D eigenvalue weighted by molar-refractivity contribution is -0.217. The van der Waals surface area contributed by atoms with Crippen LogP contribution in [0.1, 0.15) is 82.2 Å². The molecule has 3 unspecified atom stereocenters. The topological polar surface area (TPSA) is 252 Å². The van der Waals surface area contributed by atoms with Crippen LogP contribution in [-0.4, -0.2) is 160 Å². The summed E-state index contributed by atoms with van der Waals surface area (Å²) in [5.74, 6) is -3.98. The molecule has 1 spiro atoms. The molecule has 2 fully saturated rings. The van der Waals surface area contributed by atoms with Crippen LogP contribution in [0.2, 0.25) is 0 Å². The summed E-state index contributed by atoms with van der Waals surface area (Å²) in [7, 11) is 5.12. The Morgan fingerprint density at radius 2 is 1.68 bits per heavy atom. The average molecular weight is 956 g/mol. The van der Waals surface area contributed by atoms with Crippen LogP contribution in [-0.2, 0) is 50.8 Å². The van der Waals surface area contributed by atoms with Crippen molar-refractivity contribution in [3.05, 3.63) is 82.6 Å². The molecule has 11 atom stereocenters. The number of aliphatic hydroxyl groups is 3. The zero-order chi connectivity index (χ0) is 50.0. The Hall–Kier alpha value is -5.79. The van der Waals surface area contributed by atoms with Crippen molar-refractivity contribution in [2.75, 3.05) is 58.9 Å². The highest BCUT2D eigenvalue weighted by Crippen LogP contribution is 2.68. The Labute approximate surface area is 400 Å². The Kier molecular flexibility index (Phi) is 13.3. The van der Waals surface area contributed by atoms with Crippen LogP contribution in [0.4, 0.5) is 5.69 Å². The summed E-state index contributed by atoms with van der Waals surface area (Å²) in [6.07, 6.45) is 4.11. The smallest absolute Gasteiger partial charge is 0.335 e. The number of aromatic amines is 1. The number of methoxy groups -OCH3 is 2. The number of hydrogen-bond donors (Lipinski definition) is 7. The summed E-state index contributed by atoms with van der Waals surface area (Å²) in [6.45, 7) is 11.2. The van der Waals surface area contributed by atoms with Gasteiger partial charge in [0.25, 0.3) is 0 Å². The second-order valence-electron chi connectivity index (χ2n) is 19.5. The second-order valence-corrected chi connectivity index (χ2v) is 19.5. The standard InChI is InChI=1S/C47H59N5O7.C4H6O6/c1-8-29-20-30-23-46(43(55)58-7,39-32(26-51(24-29)25-30)31-14-11-12-15-35(31)49-39)34-21-33-36(22-37(34)57-6)50(5)41-45(33)17-19-52-18-13-16-44(10-3,40(45)52)42(59-28(4)53)47(41,56)27-48-38(54)9-2;5-1(3(7)8)2(6)4(9)10/h11-16,20-22,30,40-42,49,56H,8-10,17-19,23-27H2,1-7H3,(H,48,54);1-2,5-6H,(H,7,8)(H,9,10)/t30-,40-,41+,42+,44+,45+,46-,47-;/m0./s1. The highest BCUT2D eigenvalue weighted by molar-refractivity contribution is 5.94. The van der Waals surface area contributed by atoms with E-state index in [2.05, 4.69) is 81.3 Å². The summed E-state index contributed by atoms with van der Waals surface area (Å²) < 4.78 is 18.7. The lowest BCUT2D eigenvalue weighted by Gasteiger charge is -2.64.